The van der Waals surface area contributed by atoms with Crippen LogP contribution in [-0.2, 0) is 6.54 Å². The number of pyridine rings is 1. The number of anilines is 2. The molecule has 5 nitrogen and oxygen atoms in total. The highest BCUT2D eigenvalue weighted by molar-refractivity contribution is 5.99. The van der Waals surface area contributed by atoms with Crippen LogP contribution in [0.25, 0.3) is 0 Å². The molecule has 0 radical (unpaired) electrons. The highest BCUT2D eigenvalue weighted by atomic mass is 16.1. The van der Waals surface area contributed by atoms with Crippen LogP contribution < -0.4 is 16.4 Å². The van der Waals surface area contributed by atoms with Gasteiger partial charge in [0.2, 0.25) is 0 Å². The summed E-state index contributed by atoms with van der Waals surface area (Å²) in [5.41, 5.74) is 14.8. The maximum Gasteiger partial charge on any atom is 0.250 e. The fourth-order valence-corrected chi connectivity index (χ4v) is 2.09. The molecule has 0 fully saturated rings. The Morgan fingerprint density at radius 3 is 2.70 bits per heavy atom. The third-order valence-electron chi connectivity index (χ3n) is 3.04. The second-order valence-corrected chi connectivity index (χ2v) is 4.77. The molecule has 0 atom stereocenters. The van der Waals surface area contributed by atoms with E-state index in [-0.39, 0.29) is 0 Å². The molecule has 1 heterocycles. The number of aromatic nitrogens is 1. The molecule has 104 valence electrons. The van der Waals surface area contributed by atoms with Gasteiger partial charge >= 0.3 is 0 Å². The van der Waals surface area contributed by atoms with Gasteiger partial charge in [0, 0.05) is 18.4 Å². The zero-order valence-corrected chi connectivity index (χ0v) is 11.6. The minimum absolute atomic E-state index is 0.453. The molecule has 1 amide bonds. The summed E-state index contributed by atoms with van der Waals surface area (Å²) >= 11 is 0. The maximum absolute atomic E-state index is 11.5. The highest BCUT2D eigenvalue weighted by Crippen LogP contribution is 2.23. The van der Waals surface area contributed by atoms with E-state index in [0.717, 1.165) is 11.4 Å². The molecule has 1 aromatic heterocycles. The molecule has 2 rings (SSSR count). The van der Waals surface area contributed by atoms with Crippen molar-refractivity contribution in [3.63, 3.8) is 0 Å². The van der Waals surface area contributed by atoms with Gasteiger partial charge < -0.3 is 16.4 Å². The van der Waals surface area contributed by atoms with E-state index in [0.29, 0.717) is 23.5 Å². The Morgan fingerprint density at radius 2 is 2.05 bits per heavy atom. The number of nitrogens with two attached hydrogens (primary N) is 2. The number of primary amides is 1. The summed E-state index contributed by atoms with van der Waals surface area (Å²) in [4.78, 5) is 17.8. The highest BCUT2D eigenvalue weighted by Gasteiger charge is 2.13. The summed E-state index contributed by atoms with van der Waals surface area (Å²) in [5.74, 6) is -0.468. The normalized spacial score (nSPS) is 10.3. The van der Waals surface area contributed by atoms with Crippen molar-refractivity contribution in [2.45, 2.75) is 13.5 Å². The van der Waals surface area contributed by atoms with Crippen LogP contribution in [0.2, 0.25) is 0 Å². The van der Waals surface area contributed by atoms with Crippen molar-refractivity contribution in [3.05, 3.63) is 53.3 Å². The van der Waals surface area contributed by atoms with Crippen LogP contribution in [-0.4, -0.2) is 17.9 Å². The number of hydrogen-bond donors (Lipinski definition) is 2. The van der Waals surface area contributed by atoms with Crippen molar-refractivity contribution in [1.82, 2.24) is 4.98 Å². The van der Waals surface area contributed by atoms with Crippen LogP contribution in [0.4, 0.5) is 11.4 Å². The van der Waals surface area contributed by atoms with Gasteiger partial charge in [-0.1, -0.05) is 6.07 Å². The zero-order chi connectivity index (χ0) is 14.7. The first kappa shape index (κ1) is 13.9. The SMILES string of the molecule is Cc1cccc(CN(C)c2cc(N)ccc2C(N)=O)n1. The molecule has 0 saturated carbocycles. The van der Waals surface area contributed by atoms with Gasteiger partial charge in [0.15, 0.2) is 0 Å². The van der Waals surface area contributed by atoms with E-state index in [2.05, 4.69) is 4.98 Å². The Labute approximate surface area is 118 Å². The first-order valence-electron chi connectivity index (χ1n) is 6.30. The Hall–Kier alpha value is -2.56. The van der Waals surface area contributed by atoms with Crippen LogP contribution in [0.15, 0.2) is 36.4 Å². The Bertz CT molecular complexity index is 640. The summed E-state index contributed by atoms with van der Waals surface area (Å²) < 4.78 is 0. The topological polar surface area (TPSA) is 85.2 Å². The predicted octanol–water partition coefficient (Wildman–Crippen LogP) is 1.71. The van der Waals surface area contributed by atoms with Gasteiger partial charge in [-0.3, -0.25) is 9.78 Å². The van der Waals surface area contributed by atoms with Crippen molar-refractivity contribution in [2.75, 3.05) is 17.7 Å². The summed E-state index contributed by atoms with van der Waals surface area (Å²) in [5, 5.41) is 0. The molecule has 0 saturated heterocycles. The summed E-state index contributed by atoms with van der Waals surface area (Å²) in [6, 6.07) is 10.9. The quantitative estimate of drug-likeness (QED) is 0.828. The number of rotatable bonds is 4. The molecular weight excluding hydrogens is 252 g/mol. The van der Waals surface area contributed by atoms with Crippen molar-refractivity contribution < 1.29 is 4.79 Å². The Morgan fingerprint density at radius 1 is 1.30 bits per heavy atom. The van der Waals surface area contributed by atoms with Gasteiger partial charge in [-0.15, -0.1) is 0 Å². The zero-order valence-electron chi connectivity index (χ0n) is 11.6. The predicted molar refractivity (Wildman–Crippen MR) is 80.5 cm³/mol. The van der Waals surface area contributed by atoms with E-state index in [9.17, 15) is 4.79 Å². The smallest absolute Gasteiger partial charge is 0.250 e. The van der Waals surface area contributed by atoms with E-state index in [1.54, 1.807) is 18.2 Å². The number of carbonyl (C=O) groups is 1. The lowest BCUT2D eigenvalue weighted by molar-refractivity contribution is 0.100. The molecular formula is C15H18N4O. The molecule has 1 aromatic carbocycles. The van der Waals surface area contributed by atoms with Crippen LogP contribution >= 0.6 is 0 Å². The summed E-state index contributed by atoms with van der Waals surface area (Å²) in [6.45, 7) is 2.52. The molecule has 4 N–H and O–H groups in total. The van der Waals surface area contributed by atoms with Crippen LogP contribution in [0.3, 0.4) is 0 Å². The van der Waals surface area contributed by atoms with E-state index >= 15 is 0 Å². The van der Waals surface area contributed by atoms with Gasteiger partial charge in [-0.25, -0.2) is 0 Å². The molecule has 0 aliphatic rings. The molecule has 2 aromatic rings. The van der Waals surface area contributed by atoms with Gasteiger partial charge in [0.1, 0.15) is 0 Å². The first-order valence-corrected chi connectivity index (χ1v) is 6.30. The number of hydrogen-bond acceptors (Lipinski definition) is 4. The number of amides is 1. The van der Waals surface area contributed by atoms with Gasteiger partial charge in [0.05, 0.1) is 23.5 Å². The van der Waals surface area contributed by atoms with Crippen molar-refractivity contribution >= 4 is 17.3 Å². The summed E-state index contributed by atoms with van der Waals surface area (Å²) in [6.07, 6.45) is 0. The van der Waals surface area contributed by atoms with E-state index in [1.807, 2.05) is 37.1 Å². The average Bonchev–Trinajstić information content (AvgIpc) is 2.38. The monoisotopic (exact) mass is 270 g/mol. The van der Waals surface area contributed by atoms with E-state index in [1.165, 1.54) is 0 Å². The lowest BCUT2D eigenvalue weighted by atomic mass is 10.1. The van der Waals surface area contributed by atoms with Gasteiger partial charge in [-0.2, -0.15) is 0 Å². The van der Waals surface area contributed by atoms with E-state index < -0.39 is 5.91 Å². The molecule has 5 heteroatoms. The molecule has 0 bridgehead atoms. The van der Waals surface area contributed by atoms with Crippen molar-refractivity contribution in [3.8, 4) is 0 Å². The lowest BCUT2D eigenvalue weighted by Gasteiger charge is -2.21. The van der Waals surface area contributed by atoms with E-state index in [4.69, 9.17) is 11.5 Å². The van der Waals surface area contributed by atoms with Gasteiger partial charge in [-0.05, 0) is 37.3 Å². The minimum atomic E-state index is -0.468. The van der Waals surface area contributed by atoms with Crippen LogP contribution in [0, 0.1) is 6.92 Å². The van der Waals surface area contributed by atoms with Crippen LogP contribution in [0.5, 0.6) is 0 Å². The number of aryl methyl sites for hydroxylation is 1. The lowest BCUT2D eigenvalue weighted by Crippen LogP contribution is -2.22. The minimum Gasteiger partial charge on any atom is -0.399 e. The second kappa shape index (κ2) is 5.61. The largest absolute Gasteiger partial charge is 0.399 e. The maximum atomic E-state index is 11.5. The molecule has 20 heavy (non-hydrogen) atoms. The average molecular weight is 270 g/mol. The second-order valence-electron chi connectivity index (χ2n) is 4.77. The fourth-order valence-electron chi connectivity index (χ4n) is 2.09. The third-order valence-corrected chi connectivity index (χ3v) is 3.04. The fraction of sp³-hybridized carbons (Fsp3) is 0.200. The standard InChI is InChI=1S/C15H18N4O/c1-10-4-3-5-12(18-10)9-19(2)14-8-11(16)6-7-13(14)15(17)20/h3-8H,9,16H2,1-2H3,(H2,17,20). The summed E-state index contributed by atoms with van der Waals surface area (Å²) in [7, 11) is 1.88. The number of nitrogen functional groups attached to an aromatic ring is 1. The molecule has 0 aliphatic carbocycles. The molecule has 0 unspecified atom stereocenters. The van der Waals surface area contributed by atoms with Crippen molar-refractivity contribution in [1.29, 1.82) is 0 Å². The Kier molecular flexibility index (Phi) is 3.89. The van der Waals surface area contributed by atoms with Gasteiger partial charge in [0.25, 0.3) is 5.91 Å². The first-order chi connectivity index (χ1) is 9.47. The number of nitrogens with zero attached hydrogens (tertiary/aromatic N) is 2. The molecule has 0 spiro atoms. The Balaban J connectivity index is 2.31. The van der Waals surface area contributed by atoms with Crippen LogP contribution in [0.1, 0.15) is 21.7 Å². The third kappa shape index (κ3) is 3.06. The number of carbonyl (C=O) groups excluding carboxylic acids is 1. The molecule has 0 aliphatic heterocycles. The van der Waals surface area contributed by atoms with Crippen molar-refractivity contribution in [2.24, 2.45) is 5.73 Å². The number of benzene rings is 1.